The molecule has 0 amide bonds. The predicted octanol–water partition coefficient (Wildman–Crippen LogP) is 1.65. The van der Waals surface area contributed by atoms with E-state index in [-0.39, 0.29) is 5.97 Å². The number of nitrogens with one attached hydrogen (secondary N) is 1. The van der Waals surface area contributed by atoms with Crippen LogP contribution in [0.3, 0.4) is 0 Å². The number of hydrogen-bond donors (Lipinski definition) is 1. The molecule has 0 saturated carbocycles. The van der Waals surface area contributed by atoms with Crippen molar-refractivity contribution in [3.8, 4) is 0 Å². The van der Waals surface area contributed by atoms with Crippen molar-refractivity contribution in [2.75, 3.05) is 40.3 Å². The zero-order valence-electron chi connectivity index (χ0n) is 11.6. The molecule has 0 fully saturated rings. The molecular weight excluding hydrogens is 216 g/mol. The minimum atomic E-state index is -0.133. The second-order valence-corrected chi connectivity index (χ2v) is 4.61. The highest BCUT2D eigenvalue weighted by Gasteiger charge is 2.01. The topological polar surface area (TPSA) is 41.6 Å². The summed E-state index contributed by atoms with van der Waals surface area (Å²) in [5, 5.41) is 3.09. The standard InChI is InChI=1S/C13H28N2O2/c1-4-5-6-7-11-17-13(16)12-14-9-8-10-15(2)3/h14H,4-12H2,1-3H3. The van der Waals surface area contributed by atoms with Crippen molar-refractivity contribution in [2.45, 2.75) is 39.0 Å². The molecule has 0 aliphatic carbocycles. The highest BCUT2D eigenvalue weighted by molar-refractivity contribution is 5.71. The highest BCUT2D eigenvalue weighted by atomic mass is 16.5. The lowest BCUT2D eigenvalue weighted by molar-refractivity contribution is -0.142. The van der Waals surface area contributed by atoms with Gasteiger partial charge in [0, 0.05) is 0 Å². The van der Waals surface area contributed by atoms with Gasteiger partial charge in [-0.05, 0) is 40.0 Å². The Kier molecular flexibility index (Phi) is 11.4. The number of unbranched alkanes of at least 4 members (excludes halogenated alkanes) is 3. The second-order valence-electron chi connectivity index (χ2n) is 4.61. The van der Waals surface area contributed by atoms with Gasteiger partial charge in [0.15, 0.2) is 0 Å². The summed E-state index contributed by atoms with van der Waals surface area (Å²) in [7, 11) is 4.09. The fourth-order valence-corrected chi connectivity index (χ4v) is 1.48. The van der Waals surface area contributed by atoms with Crippen LogP contribution in [0, 0.1) is 0 Å². The van der Waals surface area contributed by atoms with Gasteiger partial charge in [-0.1, -0.05) is 26.2 Å². The molecule has 0 heterocycles. The van der Waals surface area contributed by atoms with Gasteiger partial charge in [-0.2, -0.15) is 0 Å². The van der Waals surface area contributed by atoms with E-state index in [1.165, 1.54) is 12.8 Å². The van der Waals surface area contributed by atoms with E-state index in [2.05, 4.69) is 17.1 Å². The van der Waals surface area contributed by atoms with Crippen molar-refractivity contribution in [3.63, 3.8) is 0 Å². The molecule has 17 heavy (non-hydrogen) atoms. The largest absolute Gasteiger partial charge is 0.465 e. The van der Waals surface area contributed by atoms with Crippen molar-refractivity contribution < 1.29 is 9.53 Å². The van der Waals surface area contributed by atoms with Gasteiger partial charge < -0.3 is 15.0 Å². The minimum absolute atomic E-state index is 0.133. The van der Waals surface area contributed by atoms with Gasteiger partial charge in [0.25, 0.3) is 0 Å². The molecule has 0 rings (SSSR count). The van der Waals surface area contributed by atoms with Gasteiger partial charge >= 0.3 is 5.97 Å². The van der Waals surface area contributed by atoms with Crippen LogP contribution in [0.4, 0.5) is 0 Å². The van der Waals surface area contributed by atoms with Gasteiger partial charge in [-0.3, -0.25) is 4.79 Å². The minimum Gasteiger partial charge on any atom is -0.465 e. The molecule has 4 nitrogen and oxygen atoms in total. The molecule has 0 aromatic heterocycles. The van der Waals surface area contributed by atoms with Gasteiger partial charge in [-0.25, -0.2) is 0 Å². The Bertz CT molecular complexity index is 184. The van der Waals surface area contributed by atoms with E-state index in [1.54, 1.807) is 0 Å². The second kappa shape index (κ2) is 11.9. The molecule has 0 atom stereocenters. The maximum absolute atomic E-state index is 11.3. The van der Waals surface area contributed by atoms with Crippen LogP contribution in [0.1, 0.15) is 39.0 Å². The van der Waals surface area contributed by atoms with Crippen LogP contribution < -0.4 is 5.32 Å². The van der Waals surface area contributed by atoms with Crippen LogP contribution in [0.2, 0.25) is 0 Å². The van der Waals surface area contributed by atoms with Gasteiger partial charge in [0.1, 0.15) is 0 Å². The molecule has 0 spiro atoms. The van der Waals surface area contributed by atoms with Gasteiger partial charge in [-0.15, -0.1) is 0 Å². The summed E-state index contributed by atoms with van der Waals surface area (Å²) in [5.41, 5.74) is 0. The van der Waals surface area contributed by atoms with Gasteiger partial charge in [0.05, 0.1) is 13.2 Å². The van der Waals surface area contributed by atoms with E-state index < -0.39 is 0 Å². The quantitative estimate of drug-likeness (QED) is 0.443. The third kappa shape index (κ3) is 13.3. The summed E-state index contributed by atoms with van der Waals surface area (Å²) in [6, 6.07) is 0. The third-order valence-electron chi connectivity index (χ3n) is 2.49. The zero-order valence-corrected chi connectivity index (χ0v) is 11.6. The summed E-state index contributed by atoms with van der Waals surface area (Å²) in [6.45, 7) is 4.98. The lowest BCUT2D eigenvalue weighted by atomic mass is 10.2. The monoisotopic (exact) mass is 244 g/mol. The smallest absolute Gasteiger partial charge is 0.319 e. The third-order valence-corrected chi connectivity index (χ3v) is 2.49. The van der Waals surface area contributed by atoms with E-state index >= 15 is 0 Å². The molecule has 0 aliphatic rings. The Hall–Kier alpha value is -0.610. The van der Waals surface area contributed by atoms with Crippen LogP contribution in [0.25, 0.3) is 0 Å². The van der Waals surface area contributed by atoms with Crippen molar-refractivity contribution >= 4 is 5.97 Å². The lowest BCUT2D eigenvalue weighted by Crippen LogP contribution is -2.27. The molecule has 0 saturated heterocycles. The van der Waals surface area contributed by atoms with Crippen molar-refractivity contribution in [3.05, 3.63) is 0 Å². The zero-order chi connectivity index (χ0) is 12.9. The first-order valence-electron chi connectivity index (χ1n) is 6.68. The van der Waals surface area contributed by atoms with Crippen molar-refractivity contribution in [2.24, 2.45) is 0 Å². The van der Waals surface area contributed by atoms with Crippen molar-refractivity contribution in [1.82, 2.24) is 10.2 Å². The normalized spacial score (nSPS) is 10.8. The molecular formula is C13H28N2O2. The molecule has 0 aromatic rings. The van der Waals surface area contributed by atoms with E-state index in [0.29, 0.717) is 13.2 Å². The summed E-state index contributed by atoms with van der Waals surface area (Å²) < 4.78 is 5.10. The average molecular weight is 244 g/mol. The number of carbonyl (C=O) groups is 1. The highest BCUT2D eigenvalue weighted by Crippen LogP contribution is 1.98. The summed E-state index contributed by atoms with van der Waals surface area (Å²) in [5.74, 6) is -0.133. The fraction of sp³-hybridized carbons (Fsp3) is 0.923. The molecule has 0 aliphatic heterocycles. The van der Waals surface area contributed by atoms with E-state index in [4.69, 9.17) is 4.74 Å². The summed E-state index contributed by atoms with van der Waals surface area (Å²) in [4.78, 5) is 13.4. The van der Waals surface area contributed by atoms with E-state index in [9.17, 15) is 4.79 Å². The molecule has 1 N–H and O–H groups in total. The number of rotatable bonds is 11. The first-order valence-corrected chi connectivity index (χ1v) is 6.68. The maximum atomic E-state index is 11.3. The Morgan fingerprint density at radius 1 is 1.18 bits per heavy atom. The molecule has 0 aromatic carbocycles. The number of nitrogens with zero attached hydrogens (tertiary/aromatic N) is 1. The van der Waals surface area contributed by atoms with Crippen LogP contribution in [-0.4, -0.2) is 51.2 Å². The SMILES string of the molecule is CCCCCCOC(=O)CNCCCN(C)C. The number of carbonyl (C=O) groups excluding carboxylic acids is 1. The summed E-state index contributed by atoms with van der Waals surface area (Å²) in [6.07, 6.45) is 5.62. The Morgan fingerprint density at radius 2 is 1.94 bits per heavy atom. The van der Waals surface area contributed by atoms with Crippen LogP contribution in [0.15, 0.2) is 0 Å². The molecule has 102 valence electrons. The fourth-order valence-electron chi connectivity index (χ4n) is 1.48. The Morgan fingerprint density at radius 3 is 2.59 bits per heavy atom. The average Bonchev–Trinajstić information content (AvgIpc) is 2.28. The Labute approximate surface area is 106 Å². The maximum Gasteiger partial charge on any atom is 0.319 e. The molecule has 4 heteroatoms. The van der Waals surface area contributed by atoms with Crippen molar-refractivity contribution in [1.29, 1.82) is 0 Å². The van der Waals surface area contributed by atoms with Gasteiger partial charge in [0.2, 0.25) is 0 Å². The molecule has 0 unspecified atom stereocenters. The predicted molar refractivity (Wildman–Crippen MR) is 71.1 cm³/mol. The van der Waals surface area contributed by atoms with E-state index in [0.717, 1.165) is 32.4 Å². The Balaban J connectivity index is 3.18. The number of ether oxygens (including phenoxy) is 1. The van der Waals surface area contributed by atoms with Crippen LogP contribution in [0.5, 0.6) is 0 Å². The lowest BCUT2D eigenvalue weighted by Gasteiger charge is -2.09. The molecule has 0 bridgehead atoms. The number of hydrogen-bond acceptors (Lipinski definition) is 4. The number of esters is 1. The van der Waals surface area contributed by atoms with Crippen LogP contribution >= 0.6 is 0 Å². The first kappa shape index (κ1) is 16.4. The molecule has 0 radical (unpaired) electrons. The first-order chi connectivity index (χ1) is 8.16. The van der Waals surface area contributed by atoms with E-state index in [1.807, 2.05) is 14.1 Å². The summed E-state index contributed by atoms with van der Waals surface area (Å²) >= 11 is 0. The van der Waals surface area contributed by atoms with Crippen LogP contribution in [-0.2, 0) is 9.53 Å².